The minimum atomic E-state index is -0.914. The minimum absolute atomic E-state index is 0.0175. The summed E-state index contributed by atoms with van der Waals surface area (Å²) in [5.41, 5.74) is 4.10. The largest absolute Gasteiger partial charge is 0.356 e. The van der Waals surface area contributed by atoms with Crippen LogP contribution >= 0.6 is 15.9 Å². The molecule has 5 heteroatoms. The fourth-order valence-electron chi connectivity index (χ4n) is 4.37. The molecular weight excluding hydrogens is 390 g/mol. The average molecular weight is 406 g/mol. The predicted molar refractivity (Wildman–Crippen MR) is 106 cm³/mol. The number of carbonyl (C=O) groups is 1. The summed E-state index contributed by atoms with van der Waals surface area (Å²) in [5, 5.41) is 4.70. The molecule has 5 rings (SSSR count). The number of carbonyl (C=O) groups excluding carboxylic acids is 1. The quantitative estimate of drug-likeness (QED) is 0.610. The Morgan fingerprint density at radius 2 is 2.12 bits per heavy atom. The maximum absolute atomic E-state index is 13.6. The molecule has 2 aliphatic heterocycles. The number of amides is 1. The number of rotatable bonds is 1. The number of terminal acetylenes is 1. The van der Waals surface area contributed by atoms with Crippen molar-refractivity contribution in [1.82, 2.24) is 10.3 Å². The van der Waals surface area contributed by atoms with Crippen molar-refractivity contribution in [3.05, 3.63) is 63.8 Å². The van der Waals surface area contributed by atoms with Crippen molar-refractivity contribution in [3.63, 3.8) is 0 Å². The summed E-state index contributed by atoms with van der Waals surface area (Å²) in [4.78, 5) is 18.8. The highest BCUT2D eigenvalue weighted by Gasteiger charge is 2.55. The molecule has 3 heterocycles. The van der Waals surface area contributed by atoms with Crippen LogP contribution in [0.25, 0.3) is 10.9 Å². The van der Waals surface area contributed by atoms with Crippen LogP contribution in [0.3, 0.4) is 0 Å². The SMILES string of the molecule is C#CCN1C(=O)C2(NCCc3c2[nH]c2ccccc32)c2cc(Br)ccc21. The molecule has 2 aliphatic rings. The highest BCUT2D eigenvalue weighted by Crippen LogP contribution is 2.48. The van der Waals surface area contributed by atoms with E-state index in [4.69, 9.17) is 6.42 Å². The van der Waals surface area contributed by atoms with E-state index >= 15 is 0 Å². The van der Waals surface area contributed by atoms with E-state index in [0.717, 1.165) is 39.9 Å². The average Bonchev–Trinajstić information content (AvgIpc) is 3.14. The molecule has 1 spiro atoms. The number of benzene rings is 2. The van der Waals surface area contributed by atoms with Gasteiger partial charge in [0.2, 0.25) is 0 Å². The van der Waals surface area contributed by atoms with Crippen LogP contribution in [0.5, 0.6) is 0 Å². The van der Waals surface area contributed by atoms with Crippen LogP contribution in [-0.2, 0) is 16.8 Å². The number of anilines is 1. The first-order valence-electron chi connectivity index (χ1n) is 8.57. The molecule has 1 aromatic heterocycles. The summed E-state index contributed by atoms with van der Waals surface area (Å²) >= 11 is 3.56. The van der Waals surface area contributed by atoms with Gasteiger partial charge in [0.1, 0.15) is 0 Å². The van der Waals surface area contributed by atoms with E-state index in [0.29, 0.717) is 0 Å². The third-order valence-electron chi connectivity index (χ3n) is 5.42. The lowest BCUT2D eigenvalue weighted by Gasteiger charge is -2.34. The lowest BCUT2D eigenvalue weighted by atomic mass is 9.82. The van der Waals surface area contributed by atoms with Crippen LogP contribution in [0.15, 0.2) is 46.9 Å². The van der Waals surface area contributed by atoms with Gasteiger partial charge < -0.3 is 4.98 Å². The zero-order chi connectivity index (χ0) is 17.9. The summed E-state index contributed by atoms with van der Waals surface area (Å²) in [5.74, 6) is 2.61. The molecule has 0 fully saturated rings. The fourth-order valence-corrected chi connectivity index (χ4v) is 4.74. The number of hydrogen-bond acceptors (Lipinski definition) is 2. The summed E-state index contributed by atoms with van der Waals surface area (Å²) in [6.45, 7) is 0.989. The van der Waals surface area contributed by atoms with Gasteiger partial charge in [-0.1, -0.05) is 40.0 Å². The van der Waals surface area contributed by atoms with E-state index in [9.17, 15) is 4.79 Å². The normalized spacial score (nSPS) is 21.1. The Hall–Kier alpha value is -2.55. The van der Waals surface area contributed by atoms with Crippen molar-refractivity contribution in [2.75, 3.05) is 18.0 Å². The van der Waals surface area contributed by atoms with E-state index in [-0.39, 0.29) is 12.5 Å². The fraction of sp³-hybridized carbons (Fsp3) is 0.190. The van der Waals surface area contributed by atoms with Gasteiger partial charge in [-0.05, 0) is 36.2 Å². The number of aromatic nitrogens is 1. The molecule has 0 radical (unpaired) electrons. The summed E-state index contributed by atoms with van der Waals surface area (Å²) in [6.07, 6.45) is 6.43. The Kier molecular flexibility index (Phi) is 3.30. The Labute approximate surface area is 159 Å². The highest BCUT2D eigenvalue weighted by atomic mass is 79.9. The van der Waals surface area contributed by atoms with Crippen LogP contribution in [0.2, 0.25) is 0 Å². The maximum Gasteiger partial charge on any atom is 0.259 e. The van der Waals surface area contributed by atoms with Gasteiger partial charge in [-0.25, -0.2) is 0 Å². The van der Waals surface area contributed by atoms with Gasteiger partial charge in [0, 0.05) is 27.5 Å². The van der Waals surface area contributed by atoms with Crippen LogP contribution in [0.1, 0.15) is 16.8 Å². The van der Waals surface area contributed by atoms with Crippen molar-refractivity contribution in [2.45, 2.75) is 12.0 Å². The summed E-state index contributed by atoms with van der Waals surface area (Å²) in [6, 6.07) is 14.2. The molecule has 0 aliphatic carbocycles. The number of nitrogens with zero attached hydrogens (tertiary/aromatic N) is 1. The first-order chi connectivity index (χ1) is 12.7. The minimum Gasteiger partial charge on any atom is -0.356 e. The molecule has 0 saturated carbocycles. The Morgan fingerprint density at radius 1 is 1.27 bits per heavy atom. The van der Waals surface area contributed by atoms with Crippen LogP contribution < -0.4 is 10.2 Å². The van der Waals surface area contributed by atoms with Gasteiger partial charge in [0.25, 0.3) is 5.91 Å². The van der Waals surface area contributed by atoms with Gasteiger partial charge in [-0.2, -0.15) is 0 Å². The van der Waals surface area contributed by atoms with Crippen molar-refractivity contribution in [3.8, 4) is 12.3 Å². The third-order valence-corrected chi connectivity index (χ3v) is 5.92. The molecule has 128 valence electrons. The Balaban J connectivity index is 1.85. The number of aromatic amines is 1. The second-order valence-corrected chi connectivity index (χ2v) is 7.62. The van der Waals surface area contributed by atoms with Crippen LogP contribution in [0.4, 0.5) is 5.69 Å². The Morgan fingerprint density at radius 3 is 2.96 bits per heavy atom. The summed E-state index contributed by atoms with van der Waals surface area (Å²) in [7, 11) is 0. The summed E-state index contributed by atoms with van der Waals surface area (Å²) < 4.78 is 0.941. The lowest BCUT2D eigenvalue weighted by Crippen LogP contribution is -2.55. The van der Waals surface area contributed by atoms with Gasteiger partial charge in [-0.15, -0.1) is 6.42 Å². The number of H-pyrrole nitrogens is 1. The monoisotopic (exact) mass is 405 g/mol. The third kappa shape index (κ3) is 1.86. The topological polar surface area (TPSA) is 48.1 Å². The van der Waals surface area contributed by atoms with Crippen LogP contribution in [0, 0.1) is 12.3 Å². The zero-order valence-corrected chi connectivity index (χ0v) is 15.6. The molecule has 0 bridgehead atoms. The smallest absolute Gasteiger partial charge is 0.259 e. The molecule has 26 heavy (non-hydrogen) atoms. The predicted octanol–water partition coefficient (Wildman–Crippen LogP) is 3.30. The van der Waals surface area contributed by atoms with E-state index in [2.05, 4.69) is 44.3 Å². The first-order valence-corrected chi connectivity index (χ1v) is 9.36. The molecule has 2 aromatic carbocycles. The highest BCUT2D eigenvalue weighted by molar-refractivity contribution is 9.10. The van der Waals surface area contributed by atoms with Crippen molar-refractivity contribution in [1.29, 1.82) is 0 Å². The molecular formula is C21H16BrN3O. The van der Waals surface area contributed by atoms with E-state index in [1.807, 2.05) is 30.3 Å². The molecule has 3 aromatic rings. The van der Waals surface area contributed by atoms with Crippen molar-refractivity contribution < 1.29 is 4.79 Å². The number of hydrogen-bond donors (Lipinski definition) is 2. The molecule has 1 amide bonds. The second kappa shape index (κ2) is 5.47. The number of nitrogens with one attached hydrogen (secondary N) is 2. The molecule has 1 unspecified atom stereocenters. The van der Waals surface area contributed by atoms with Gasteiger partial charge in [0.05, 0.1) is 17.9 Å². The van der Waals surface area contributed by atoms with Gasteiger partial charge in [0.15, 0.2) is 5.54 Å². The second-order valence-electron chi connectivity index (χ2n) is 6.71. The maximum atomic E-state index is 13.6. The van der Waals surface area contributed by atoms with Gasteiger partial charge >= 0.3 is 0 Å². The zero-order valence-electron chi connectivity index (χ0n) is 14.0. The van der Waals surface area contributed by atoms with Crippen LogP contribution in [-0.4, -0.2) is 24.0 Å². The number of halogens is 1. The van der Waals surface area contributed by atoms with E-state index in [1.165, 1.54) is 10.9 Å². The van der Waals surface area contributed by atoms with E-state index in [1.54, 1.807) is 4.90 Å². The molecule has 2 N–H and O–H groups in total. The first kappa shape index (κ1) is 15.7. The molecule has 4 nitrogen and oxygen atoms in total. The van der Waals surface area contributed by atoms with E-state index < -0.39 is 5.54 Å². The number of fused-ring (bicyclic) bond motifs is 6. The molecule has 1 atom stereocenters. The Bertz CT molecular complexity index is 1110. The van der Waals surface area contributed by atoms with Crippen molar-refractivity contribution >= 4 is 38.4 Å². The molecule has 0 saturated heterocycles. The van der Waals surface area contributed by atoms with Crippen molar-refractivity contribution in [2.24, 2.45) is 0 Å². The number of para-hydroxylation sites is 1. The lowest BCUT2D eigenvalue weighted by molar-refractivity contribution is -0.123. The van der Waals surface area contributed by atoms with Gasteiger partial charge in [-0.3, -0.25) is 15.0 Å². The standard InChI is InChI=1S/C21H16BrN3O/c1-2-11-25-18-8-7-13(22)12-16(18)21(20(25)26)19-15(9-10-23-21)14-5-3-4-6-17(14)24-19/h1,3-8,12,23-24H,9-11H2.